The van der Waals surface area contributed by atoms with Crippen molar-refractivity contribution in [3.8, 4) is 5.75 Å². The number of aromatic nitrogens is 3. The molecule has 2 N–H and O–H groups in total. The topological polar surface area (TPSA) is 62.5 Å². The minimum absolute atomic E-state index is 0.178. The van der Waals surface area contributed by atoms with Gasteiger partial charge in [-0.2, -0.15) is 0 Å². The number of nitrogens with zero attached hydrogens (tertiary/aromatic N) is 3. The zero-order chi connectivity index (χ0) is 11.0. The van der Waals surface area contributed by atoms with Crippen molar-refractivity contribution in [2.45, 2.75) is 25.3 Å². The summed E-state index contributed by atoms with van der Waals surface area (Å²) in [4.78, 5) is 0. The lowest BCUT2D eigenvalue weighted by Crippen LogP contribution is -2.28. The molecule has 5 nitrogen and oxygen atoms in total. The average Bonchev–Trinajstić information content (AvgIpc) is 2.75. The quantitative estimate of drug-likeness (QED) is 0.756. The molecular formula is C11H14N4O. The summed E-state index contributed by atoms with van der Waals surface area (Å²) < 4.78 is 1.86. The van der Waals surface area contributed by atoms with Gasteiger partial charge in [-0.25, -0.2) is 0 Å². The predicted molar refractivity (Wildman–Crippen MR) is 59.2 cm³/mol. The maximum atomic E-state index is 9.64. The lowest BCUT2D eigenvalue weighted by Gasteiger charge is -2.21. The smallest absolute Gasteiger partial charge is 0.203 e. The maximum absolute atomic E-state index is 9.64. The number of hydrogen-bond acceptors (Lipinski definition) is 4. The molecule has 3 rings (SSSR count). The highest BCUT2D eigenvalue weighted by Gasteiger charge is 2.20. The van der Waals surface area contributed by atoms with Gasteiger partial charge in [0.15, 0.2) is 11.6 Å². The molecular weight excluding hydrogens is 204 g/mol. The van der Waals surface area contributed by atoms with Gasteiger partial charge in [0.05, 0.1) is 6.04 Å². The summed E-state index contributed by atoms with van der Waals surface area (Å²) in [5.74, 6) is 1.07. The number of hydrogen-bond donors (Lipinski definition) is 2. The Kier molecular flexibility index (Phi) is 2.25. The van der Waals surface area contributed by atoms with E-state index in [2.05, 4.69) is 15.5 Å². The summed E-state index contributed by atoms with van der Waals surface area (Å²) in [7, 11) is 0. The van der Waals surface area contributed by atoms with Crippen molar-refractivity contribution < 1.29 is 5.11 Å². The van der Waals surface area contributed by atoms with Crippen molar-refractivity contribution in [3.63, 3.8) is 0 Å². The fraction of sp³-hybridized carbons (Fsp3) is 0.455. The molecule has 1 aliphatic rings. The number of fused-ring (bicyclic) bond motifs is 1. The Balaban J connectivity index is 2.06. The first-order valence-electron chi connectivity index (χ1n) is 5.62. The van der Waals surface area contributed by atoms with E-state index in [4.69, 9.17) is 0 Å². The Hall–Kier alpha value is -1.62. The highest BCUT2D eigenvalue weighted by molar-refractivity contribution is 5.52. The van der Waals surface area contributed by atoms with Crippen molar-refractivity contribution in [1.82, 2.24) is 19.9 Å². The summed E-state index contributed by atoms with van der Waals surface area (Å²) in [6.45, 7) is 1.03. The summed E-state index contributed by atoms with van der Waals surface area (Å²) in [5, 5.41) is 21.3. The van der Waals surface area contributed by atoms with Crippen molar-refractivity contribution in [2.24, 2.45) is 0 Å². The van der Waals surface area contributed by atoms with Crippen molar-refractivity contribution in [2.75, 3.05) is 6.54 Å². The van der Waals surface area contributed by atoms with Crippen LogP contribution in [-0.4, -0.2) is 26.2 Å². The molecule has 0 saturated carbocycles. The van der Waals surface area contributed by atoms with Gasteiger partial charge in [-0.05, 0) is 31.5 Å². The summed E-state index contributed by atoms with van der Waals surface area (Å²) >= 11 is 0. The lowest BCUT2D eigenvalue weighted by atomic mass is 10.0. The van der Waals surface area contributed by atoms with E-state index in [0.29, 0.717) is 5.65 Å². The van der Waals surface area contributed by atoms with Crippen LogP contribution in [0.3, 0.4) is 0 Å². The Morgan fingerprint density at radius 2 is 2.31 bits per heavy atom. The molecule has 1 atom stereocenters. The second-order valence-electron chi connectivity index (χ2n) is 4.15. The fourth-order valence-electron chi connectivity index (χ4n) is 2.23. The van der Waals surface area contributed by atoms with Gasteiger partial charge in [0.2, 0.25) is 5.65 Å². The van der Waals surface area contributed by atoms with Crippen LogP contribution >= 0.6 is 0 Å². The van der Waals surface area contributed by atoms with Crippen LogP contribution in [0.15, 0.2) is 18.3 Å². The van der Waals surface area contributed by atoms with E-state index in [0.717, 1.165) is 18.8 Å². The Morgan fingerprint density at radius 1 is 1.38 bits per heavy atom. The highest BCUT2D eigenvalue weighted by atomic mass is 16.3. The van der Waals surface area contributed by atoms with Gasteiger partial charge in [0, 0.05) is 6.20 Å². The normalized spacial score (nSPS) is 21.4. The third-order valence-electron chi connectivity index (χ3n) is 3.06. The zero-order valence-corrected chi connectivity index (χ0v) is 8.93. The van der Waals surface area contributed by atoms with E-state index >= 15 is 0 Å². The largest absolute Gasteiger partial charge is 0.504 e. The minimum Gasteiger partial charge on any atom is -0.504 e. The van der Waals surface area contributed by atoms with Crippen LogP contribution in [0.2, 0.25) is 0 Å². The number of aromatic hydroxyl groups is 1. The first-order chi connectivity index (χ1) is 7.86. The number of rotatable bonds is 1. The maximum Gasteiger partial charge on any atom is 0.203 e. The molecule has 16 heavy (non-hydrogen) atoms. The van der Waals surface area contributed by atoms with Crippen LogP contribution in [0, 0.1) is 0 Å². The molecule has 1 fully saturated rings. The number of piperidine rings is 1. The molecule has 0 bridgehead atoms. The van der Waals surface area contributed by atoms with Gasteiger partial charge < -0.3 is 10.4 Å². The van der Waals surface area contributed by atoms with E-state index in [-0.39, 0.29) is 11.8 Å². The first kappa shape index (κ1) is 9.59. The summed E-state index contributed by atoms with van der Waals surface area (Å²) in [6, 6.07) is 3.69. The summed E-state index contributed by atoms with van der Waals surface area (Å²) in [6.07, 6.45) is 5.40. The SMILES string of the molecule is Oc1cccn2c(C3CCCCN3)nnc12. The first-order valence-corrected chi connectivity index (χ1v) is 5.62. The Labute approximate surface area is 93.1 Å². The number of nitrogens with one attached hydrogen (secondary N) is 1. The zero-order valence-electron chi connectivity index (χ0n) is 8.93. The fourth-order valence-corrected chi connectivity index (χ4v) is 2.23. The van der Waals surface area contributed by atoms with Crippen LogP contribution in [0.4, 0.5) is 0 Å². The predicted octanol–water partition coefficient (Wildman–Crippen LogP) is 1.25. The molecule has 2 aromatic rings. The van der Waals surface area contributed by atoms with E-state index in [1.807, 2.05) is 10.6 Å². The molecule has 0 aromatic carbocycles. The molecule has 3 heterocycles. The van der Waals surface area contributed by atoms with Gasteiger partial charge in [-0.3, -0.25) is 4.40 Å². The molecule has 1 unspecified atom stereocenters. The third-order valence-corrected chi connectivity index (χ3v) is 3.06. The Bertz CT molecular complexity index is 502. The van der Waals surface area contributed by atoms with E-state index in [1.54, 1.807) is 12.1 Å². The summed E-state index contributed by atoms with van der Waals surface area (Å²) in [5.41, 5.74) is 0.532. The van der Waals surface area contributed by atoms with Crippen molar-refractivity contribution >= 4 is 5.65 Å². The molecule has 84 valence electrons. The standard InChI is InChI=1S/C11H14N4O/c16-9-5-3-7-15-10(13-14-11(9)15)8-4-1-2-6-12-8/h3,5,7-8,12,16H,1-2,4,6H2. The average molecular weight is 218 g/mol. The van der Waals surface area contributed by atoms with Crippen LogP contribution in [0.5, 0.6) is 5.75 Å². The van der Waals surface area contributed by atoms with E-state index in [1.165, 1.54) is 12.8 Å². The van der Waals surface area contributed by atoms with Gasteiger partial charge in [-0.15, -0.1) is 10.2 Å². The third kappa shape index (κ3) is 1.44. The second-order valence-corrected chi connectivity index (χ2v) is 4.15. The molecule has 0 amide bonds. The molecule has 0 spiro atoms. The van der Waals surface area contributed by atoms with Crippen LogP contribution in [0.1, 0.15) is 31.1 Å². The minimum atomic E-state index is 0.178. The van der Waals surface area contributed by atoms with Crippen LogP contribution in [-0.2, 0) is 0 Å². The monoisotopic (exact) mass is 218 g/mol. The molecule has 1 aliphatic heterocycles. The van der Waals surface area contributed by atoms with Crippen molar-refractivity contribution in [3.05, 3.63) is 24.2 Å². The van der Waals surface area contributed by atoms with Crippen molar-refractivity contribution in [1.29, 1.82) is 0 Å². The number of pyridine rings is 1. The van der Waals surface area contributed by atoms with Gasteiger partial charge >= 0.3 is 0 Å². The molecule has 1 saturated heterocycles. The second kappa shape index (κ2) is 3.75. The van der Waals surface area contributed by atoms with Crippen LogP contribution < -0.4 is 5.32 Å². The highest BCUT2D eigenvalue weighted by Crippen LogP contribution is 2.24. The molecule has 0 aliphatic carbocycles. The Morgan fingerprint density at radius 3 is 3.12 bits per heavy atom. The molecule has 5 heteroatoms. The lowest BCUT2D eigenvalue weighted by molar-refractivity contribution is 0.395. The van der Waals surface area contributed by atoms with Gasteiger partial charge in [0.1, 0.15) is 0 Å². The molecule has 2 aromatic heterocycles. The van der Waals surface area contributed by atoms with E-state index < -0.39 is 0 Å². The van der Waals surface area contributed by atoms with Gasteiger partial charge in [-0.1, -0.05) is 6.42 Å². The molecule has 0 radical (unpaired) electrons. The van der Waals surface area contributed by atoms with Gasteiger partial charge in [0.25, 0.3) is 0 Å². The van der Waals surface area contributed by atoms with Crippen LogP contribution in [0.25, 0.3) is 5.65 Å². The van der Waals surface area contributed by atoms with E-state index in [9.17, 15) is 5.11 Å².